The molecule has 0 aliphatic carbocycles. The lowest BCUT2D eigenvalue weighted by Gasteiger charge is -2.35. The zero-order valence-corrected chi connectivity index (χ0v) is 16.6. The number of likely N-dealkylation sites (tertiary alicyclic amines) is 1. The van der Waals surface area contributed by atoms with Crippen molar-refractivity contribution in [2.45, 2.75) is 31.7 Å². The van der Waals surface area contributed by atoms with Crippen molar-refractivity contribution in [3.05, 3.63) is 29.8 Å². The van der Waals surface area contributed by atoms with E-state index in [2.05, 4.69) is 9.80 Å². The predicted octanol–water partition coefficient (Wildman–Crippen LogP) is 3.25. The molecule has 1 atom stereocenters. The molecule has 3 heterocycles. The normalized spacial score (nSPS) is 23.6. The molecule has 5 nitrogen and oxygen atoms in total. The minimum Gasteiger partial charge on any atom is -0.454 e. The monoisotopic (exact) mass is 388 g/mol. The van der Waals surface area contributed by atoms with Crippen molar-refractivity contribution in [2.75, 3.05) is 44.5 Å². The third-order valence-electron chi connectivity index (χ3n) is 5.45. The fourth-order valence-corrected chi connectivity index (χ4v) is 5.05. The second-order valence-electron chi connectivity index (χ2n) is 7.42. The second kappa shape index (κ2) is 9.02. The summed E-state index contributed by atoms with van der Waals surface area (Å²) >= 11 is 1.99. The van der Waals surface area contributed by atoms with Crippen LogP contribution in [0.15, 0.2) is 24.3 Å². The minimum atomic E-state index is 0.122. The van der Waals surface area contributed by atoms with Crippen LogP contribution in [0.5, 0.6) is 11.5 Å². The van der Waals surface area contributed by atoms with E-state index < -0.39 is 0 Å². The topological polar surface area (TPSA) is 42.0 Å². The molecule has 0 bridgehead atoms. The summed E-state index contributed by atoms with van der Waals surface area (Å²) < 4.78 is 10.8. The lowest BCUT2D eigenvalue weighted by atomic mass is 10.1. The summed E-state index contributed by atoms with van der Waals surface area (Å²) in [6.45, 7) is 4.49. The number of nitrogens with zero attached hydrogens (tertiary/aromatic N) is 2. The van der Waals surface area contributed by atoms with Crippen LogP contribution in [0.25, 0.3) is 6.08 Å². The number of thioether (sulfide) groups is 1. The number of hydrogen-bond acceptors (Lipinski definition) is 5. The minimum absolute atomic E-state index is 0.122. The molecule has 3 aliphatic rings. The van der Waals surface area contributed by atoms with Gasteiger partial charge < -0.3 is 19.3 Å². The van der Waals surface area contributed by atoms with E-state index in [0.29, 0.717) is 6.04 Å². The molecule has 3 aliphatic heterocycles. The van der Waals surface area contributed by atoms with E-state index >= 15 is 0 Å². The van der Waals surface area contributed by atoms with Gasteiger partial charge in [-0.15, -0.1) is 0 Å². The summed E-state index contributed by atoms with van der Waals surface area (Å²) in [5.41, 5.74) is 0.962. The number of hydrogen-bond donors (Lipinski definition) is 0. The van der Waals surface area contributed by atoms with Crippen LogP contribution in [-0.4, -0.2) is 66.2 Å². The Bertz CT molecular complexity index is 688. The molecular weight excluding hydrogens is 360 g/mol. The SMILES string of the molecule is O=C(/C=C/c1ccc2c(c1)OCO2)N1CCCSCC1CN1CCCCC1. The van der Waals surface area contributed by atoms with Crippen molar-refractivity contribution in [1.29, 1.82) is 0 Å². The van der Waals surface area contributed by atoms with Gasteiger partial charge in [0.05, 0.1) is 6.04 Å². The number of fused-ring (bicyclic) bond motifs is 1. The highest BCUT2D eigenvalue weighted by atomic mass is 32.2. The van der Waals surface area contributed by atoms with Gasteiger partial charge in [-0.05, 0) is 61.9 Å². The Morgan fingerprint density at radius 2 is 1.96 bits per heavy atom. The fraction of sp³-hybridized carbons (Fsp3) is 0.571. The van der Waals surface area contributed by atoms with E-state index in [1.165, 1.54) is 32.4 Å². The zero-order valence-electron chi connectivity index (χ0n) is 15.8. The summed E-state index contributed by atoms with van der Waals surface area (Å²) in [4.78, 5) is 17.6. The number of piperidine rings is 1. The van der Waals surface area contributed by atoms with Gasteiger partial charge in [0.25, 0.3) is 0 Å². The fourth-order valence-electron chi connectivity index (χ4n) is 3.99. The molecule has 1 unspecified atom stereocenters. The smallest absolute Gasteiger partial charge is 0.246 e. The molecule has 4 rings (SSSR count). The van der Waals surface area contributed by atoms with Crippen molar-refractivity contribution in [3.8, 4) is 11.5 Å². The van der Waals surface area contributed by atoms with E-state index in [9.17, 15) is 4.79 Å². The number of ether oxygens (including phenoxy) is 2. The first-order valence-corrected chi connectivity index (χ1v) is 11.1. The Hall–Kier alpha value is -1.66. The molecule has 1 aromatic carbocycles. The lowest BCUT2D eigenvalue weighted by molar-refractivity contribution is -0.128. The molecule has 0 N–H and O–H groups in total. The first-order chi connectivity index (χ1) is 13.3. The van der Waals surface area contributed by atoms with Crippen LogP contribution in [-0.2, 0) is 4.79 Å². The van der Waals surface area contributed by atoms with Crippen LogP contribution in [0.1, 0.15) is 31.2 Å². The van der Waals surface area contributed by atoms with Crippen LogP contribution >= 0.6 is 11.8 Å². The molecular formula is C21H28N2O3S. The van der Waals surface area contributed by atoms with Crippen molar-refractivity contribution in [2.24, 2.45) is 0 Å². The maximum absolute atomic E-state index is 13.0. The maximum Gasteiger partial charge on any atom is 0.246 e. The van der Waals surface area contributed by atoms with Crippen molar-refractivity contribution < 1.29 is 14.3 Å². The van der Waals surface area contributed by atoms with Crippen LogP contribution in [0.3, 0.4) is 0 Å². The number of carbonyl (C=O) groups excluding carboxylic acids is 1. The molecule has 0 radical (unpaired) electrons. The number of benzene rings is 1. The largest absolute Gasteiger partial charge is 0.454 e. The van der Waals surface area contributed by atoms with Crippen LogP contribution in [0, 0.1) is 0 Å². The van der Waals surface area contributed by atoms with Gasteiger partial charge in [-0.1, -0.05) is 12.5 Å². The molecule has 146 valence electrons. The van der Waals surface area contributed by atoms with Gasteiger partial charge in [0.1, 0.15) is 0 Å². The highest BCUT2D eigenvalue weighted by molar-refractivity contribution is 7.99. The van der Waals surface area contributed by atoms with E-state index in [-0.39, 0.29) is 12.7 Å². The summed E-state index contributed by atoms with van der Waals surface area (Å²) in [5.74, 6) is 3.83. The average Bonchev–Trinajstić information content (AvgIpc) is 3.05. The van der Waals surface area contributed by atoms with Crippen LogP contribution in [0.4, 0.5) is 0 Å². The average molecular weight is 389 g/mol. The highest BCUT2D eigenvalue weighted by Gasteiger charge is 2.27. The molecule has 0 aromatic heterocycles. The highest BCUT2D eigenvalue weighted by Crippen LogP contribution is 2.32. The molecule has 1 amide bonds. The third kappa shape index (κ3) is 4.79. The van der Waals surface area contributed by atoms with Gasteiger partial charge in [-0.25, -0.2) is 0 Å². The van der Waals surface area contributed by atoms with Crippen molar-refractivity contribution in [3.63, 3.8) is 0 Å². The molecule has 0 spiro atoms. The lowest BCUT2D eigenvalue weighted by Crippen LogP contribution is -2.48. The van der Waals surface area contributed by atoms with Gasteiger partial charge in [0.2, 0.25) is 12.7 Å². The summed E-state index contributed by atoms with van der Waals surface area (Å²) in [5, 5.41) is 0. The molecule has 1 aromatic rings. The van der Waals surface area contributed by atoms with E-state index in [0.717, 1.165) is 48.1 Å². The summed E-state index contributed by atoms with van der Waals surface area (Å²) in [7, 11) is 0. The molecule has 27 heavy (non-hydrogen) atoms. The Balaban J connectivity index is 1.42. The quantitative estimate of drug-likeness (QED) is 0.741. The Morgan fingerprint density at radius 1 is 1.11 bits per heavy atom. The van der Waals surface area contributed by atoms with Gasteiger partial charge in [0.15, 0.2) is 11.5 Å². The molecule has 0 saturated carbocycles. The third-order valence-corrected chi connectivity index (χ3v) is 6.65. The number of carbonyl (C=O) groups is 1. The van der Waals surface area contributed by atoms with Crippen molar-refractivity contribution in [1.82, 2.24) is 9.80 Å². The van der Waals surface area contributed by atoms with Gasteiger partial charge in [-0.2, -0.15) is 11.8 Å². The van der Waals surface area contributed by atoms with E-state index in [1.54, 1.807) is 6.08 Å². The van der Waals surface area contributed by atoms with Crippen LogP contribution in [0.2, 0.25) is 0 Å². The van der Waals surface area contributed by atoms with E-state index in [4.69, 9.17) is 9.47 Å². The Labute approximate surface area is 165 Å². The first-order valence-electron chi connectivity index (χ1n) is 9.98. The molecule has 6 heteroatoms. The standard InChI is InChI=1S/C21H28N2O3S/c24-21(8-6-17-5-7-19-20(13-17)26-16-25-19)23-11-4-12-27-15-18(23)14-22-9-2-1-3-10-22/h5-8,13,18H,1-4,9-12,14-16H2/b8-6+. The van der Waals surface area contributed by atoms with Gasteiger partial charge in [-0.3, -0.25) is 4.79 Å². The summed E-state index contributed by atoms with van der Waals surface area (Å²) in [6, 6.07) is 6.09. The maximum atomic E-state index is 13.0. The number of amides is 1. The van der Waals surface area contributed by atoms with Gasteiger partial charge in [0, 0.05) is 24.9 Å². The Kier molecular flexibility index (Phi) is 6.24. The van der Waals surface area contributed by atoms with Crippen LogP contribution < -0.4 is 9.47 Å². The molecule has 2 saturated heterocycles. The van der Waals surface area contributed by atoms with Crippen molar-refractivity contribution >= 4 is 23.7 Å². The molecule has 2 fully saturated rings. The summed E-state index contributed by atoms with van der Waals surface area (Å²) in [6.07, 6.45) is 8.61. The van der Waals surface area contributed by atoms with Gasteiger partial charge >= 0.3 is 0 Å². The second-order valence-corrected chi connectivity index (χ2v) is 8.57. The van der Waals surface area contributed by atoms with E-state index in [1.807, 2.05) is 36.0 Å². The predicted molar refractivity (Wildman–Crippen MR) is 109 cm³/mol. The zero-order chi connectivity index (χ0) is 18.5. The Morgan fingerprint density at radius 3 is 2.85 bits per heavy atom. The first kappa shape index (κ1) is 18.7. The number of rotatable bonds is 4.